The van der Waals surface area contributed by atoms with Gasteiger partial charge in [0.2, 0.25) is 0 Å². The number of nitrogens with zero attached hydrogens (tertiary/aromatic N) is 2. The van der Waals surface area contributed by atoms with Gasteiger partial charge < -0.3 is 15.2 Å². The van der Waals surface area contributed by atoms with Gasteiger partial charge in [0, 0.05) is 24.0 Å². The predicted octanol–water partition coefficient (Wildman–Crippen LogP) is 2.24. The van der Waals surface area contributed by atoms with E-state index in [9.17, 15) is 9.59 Å². The standard InChI is InChI=1S/C16H19N3O4/c1-4-19-11(3)15(10(2)18-19)16(22)17-12-6-5-7-13(8-12)23-9-14(20)21/h5-8H,4,9H2,1-3H3,(H,17,22)(H,20,21). The summed E-state index contributed by atoms with van der Waals surface area (Å²) in [4.78, 5) is 23.0. The van der Waals surface area contributed by atoms with E-state index in [1.165, 1.54) is 0 Å². The second kappa shape index (κ2) is 6.95. The van der Waals surface area contributed by atoms with Crippen LogP contribution in [0, 0.1) is 13.8 Å². The zero-order valence-electron chi connectivity index (χ0n) is 13.3. The van der Waals surface area contributed by atoms with E-state index >= 15 is 0 Å². The van der Waals surface area contributed by atoms with Crippen LogP contribution < -0.4 is 10.1 Å². The molecule has 7 heteroatoms. The Morgan fingerprint density at radius 3 is 2.70 bits per heavy atom. The molecule has 1 heterocycles. The van der Waals surface area contributed by atoms with Gasteiger partial charge in [-0.05, 0) is 32.9 Å². The zero-order valence-corrected chi connectivity index (χ0v) is 13.3. The van der Waals surface area contributed by atoms with Crippen molar-refractivity contribution in [2.24, 2.45) is 0 Å². The largest absolute Gasteiger partial charge is 0.482 e. The minimum atomic E-state index is -1.06. The van der Waals surface area contributed by atoms with Gasteiger partial charge in [0.05, 0.1) is 11.3 Å². The van der Waals surface area contributed by atoms with E-state index < -0.39 is 12.6 Å². The monoisotopic (exact) mass is 317 g/mol. The molecule has 0 saturated heterocycles. The molecule has 122 valence electrons. The van der Waals surface area contributed by atoms with Gasteiger partial charge in [-0.3, -0.25) is 9.48 Å². The van der Waals surface area contributed by atoms with E-state index in [2.05, 4.69) is 10.4 Å². The summed E-state index contributed by atoms with van der Waals surface area (Å²) in [5.74, 6) is -0.935. The van der Waals surface area contributed by atoms with Crippen LogP contribution in [0.1, 0.15) is 28.7 Å². The number of carboxylic acids is 1. The summed E-state index contributed by atoms with van der Waals surface area (Å²) >= 11 is 0. The van der Waals surface area contributed by atoms with Crippen LogP contribution >= 0.6 is 0 Å². The second-order valence-corrected chi connectivity index (χ2v) is 5.03. The fourth-order valence-corrected chi connectivity index (χ4v) is 2.34. The SMILES string of the molecule is CCn1nc(C)c(C(=O)Nc2cccc(OCC(=O)O)c2)c1C. The smallest absolute Gasteiger partial charge is 0.341 e. The Morgan fingerprint density at radius 2 is 2.09 bits per heavy atom. The summed E-state index contributed by atoms with van der Waals surface area (Å²) in [5.41, 5.74) is 2.55. The molecule has 1 amide bonds. The number of hydrogen-bond acceptors (Lipinski definition) is 4. The molecule has 1 aromatic carbocycles. The number of hydrogen-bond donors (Lipinski definition) is 2. The number of aryl methyl sites for hydroxylation is 2. The van der Waals surface area contributed by atoms with Gasteiger partial charge in [0.25, 0.3) is 5.91 Å². The van der Waals surface area contributed by atoms with E-state index in [4.69, 9.17) is 9.84 Å². The number of aromatic nitrogens is 2. The van der Waals surface area contributed by atoms with E-state index in [-0.39, 0.29) is 5.91 Å². The third kappa shape index (κ3) is 3.88. The van der Waals surface area contributed by atoms with Crippen LogP contribution in [0.25, 0.3) is 0 Å². The number of anilines is 1. The quantitative estimate of drug-likeness (QED) is 0.852. The minimum absolute atomic E-state index is 0.255. The lowest BCUT2D eigenvalue weighted by atomic mass is 10.1. The van der Waals surface area contributed by atoms with Gasteiger partial charge in [-0.1, -0.05) is 6.07 Å². The predicted molar refractivity (Wildman–Crippen MR) is 84.9 cm³/mol. The third-order valence-electron chi connectivity index (χ3n) is 3.36. The maximum Gasteiger partial charge on any atom is 0.341 e. The first-order valence-electron chi connectivity index (χ1n) is 7.22. The Bertz CT molecular complexity index is 737. The number of rotatable bonds is 6. The lowest BCUT2D eigenvalue weighted by Crippen LogP contribution is -2.14. The van der Waals surface area contributed by atoms with Crippen molar-refractivity contribution in [3.63, 3.8) is 0 Å². The number of carbonyl (C=O) groups is 2. The maximum atomic E-state index is 12.5. The molecule has 0 spiro atoms. The average molecular weight is 317 g/mol. The van der Waals surface area contributed by atoms with Crippen molar-refractivity contribution in [2.75, 3.05) is 11.9 Å². The van der Waals surface area contributed by atoms with Crippen LogP contribution in [-0.4, -0.2) is 33.4 Å². The summed E-state index contributed by atoms with van der Waals surface area (Å²) in [5, 5.41) is 15.7. The molecule has 2 N–H and O–H groups in total. The van der Waals surface area contributed by atoms with Crippen molar-refractivity contribution in [1.29, 1.82) is 0 Å². The lowest BCUT2D eigenvalue weighted by molar-refractivity contribution is -0.139. The topological polar surface area (TPSA) is 93.5 Å². The molecule has 0 aliphatic carbocycles. The molecule has 0 aliphatic heterocycles. The highest BCUT2D eigenvalue weighted by molar-refractivity contribution is 6.05. The Hall–Kier alpha value is -2.83. The molecule has 2 aromatic rings. The summed E-state index contributed by atoms with van der Waals surface area (Å²) < 4.78 is 6.87. The van der Waals surface area contributed by atoms with Crippen molar-refractivity contribution in [3.8, 4) is 5.75 Å². The van der Waals surface area contributed by atoms with Gasteiger partial charge in [-0.25, -0.2) is 4.79 Å². The molecule has 0 fully saturated rings. The third-order valence-corrected chi connectivity index (χ3v) is 3.36. The summed E-state index contributed by atoms with van der Waals surface area (Å²) in [6.07, 6.45) is 0. The molecule has 7 nitrogen and oxygen atoms in total. The normalized spacial score (nSPS) is 10.4. The highest BCUT2D eigenvalue weighted by atomic mass is 16.5. The molecule has 0 unspecified atom stereocenters. The van der Waals surface area contributed by atoms with E-state index in [1.54, 1.807) is 35.9 Å². The van der Waals surface area contributed by atoms with E-state index in [0.717, 1.165) is 5.69 Å². The van der Waals surface area contributed by atoms with Crippen molar-refractivity contribution < 1.29 is 19.4 Å². The Balaban J connectivity index is 2.16. The van der Waals surface area contributed by atoms with E-state index in [1.807, 2.05) is 13.8 Å². The van der Waals surface area contributed by atoms with Crippen LogP contribution in [-0.2, 0) is 11.3 Å². The second-order valence-electron chi connectivity index (χ2n) is 5.03. The molecule has 0 saturated carbocycles. The van der Waals surface area contributed by atoms with Crippen LogP contribution in [0.3, 0.4) is 0 Å². The van der Waals surface area contributed by atoms with Crippen molar-refractivity contribution in [3.05, 3.63) is 41.2 Å². The fourth-order valence-electron chi connectivity index (χ4n) is 2.34. The number of carbonyl (C=O) groups excluding carboxylic acids is 1. The lowest BCUT2D eigenvalue weighted by Gasteiger charge is -2.08. The van der Waals surface area contributed by atoms with Crippen molar-refractivity contribution >= 4 is 17.6 Å². The molecule has 2 rings (SSSR count). The first-order chi connectivity index (χ1) is 10.9. The van der Waals surface area contributed by atoms with Crippen LogP contribution in [0.2, 0.25) is 0 Å². The minimum Gasteiger partial charge on any atom is -0.482 e. The summed E-state index contributed by atoms with van der Waals surface area (Å²) in [6.45, 7) is 5.87. The van der Waals surface area contributed by atoms with Gasteiger partial charge >= 0.3 is 5.97 Å². The molecule has 0 radical (unpaired) electrons. The number of ether oxygens (including phenoxy) is 1. The van der Waals surface area contributed by atoms with E-state index in [0.29, 0.717) is 29.2 Å². The number of amides is 1. The van der Waals surface area contributed by atoms with Gasteiger partial charge in [0.15, 0.2) is 6.61 Å². The van der Waals surface area contributed by atoms with Crippen LogP contribution in [0.4, 0.5) is 5.69 Å². The number of aliphatic carboxylic acids is 1. The van der Waals surface area contributed by atoms with Gasteiger partial charge in [-0.15, -0.1) is 0 Å². The first kappa shape index (κ1) is 16.5. The zero-order chi connectivity index (χ0) is 17.0. The van der Waals surface area contributed by atoms with Crippen LogP contribution in [0.15, 0.2) is 24.3 Å². The molecule has 0 atom stereocenters. The molecule has 0 bridgehead atoms. The van der Waals surface area contributed by atoms with Gasteiger partial charge in [0.1, 0.15) is 5.75 Å². The number of benzene rings is 1. The molecule has 0 aliphatic rings. The molecule has 1 aromatic heterocycles. The average Bonchev–Trinajstić information content (AvgIpc) is 2.79. The highest BCUT2D eigenvalue weighted by Gasteiger charge is 2.18. The number of nitrogens with one attached hydrogen (secondary N) is 1. The van der Waals surface area contributed by atoms with Crippen molar-refractivity contribution in [1.82, 2.24) is 9.78 Å². The highest BCUT2D eigenvalue weighted by Crippen LogP contribution is 2.20. The molecule has 23 heavy (non-hydrogen) atoms. The molecular formula is C16H19N3O4. The van der Waals surface area contributed by atoms with Crippen LogP contribution in [0.5, 0.6) is 5.75 Å². The summed E-state index contributed by atoms with van der Waals surface area (Å²) in [6, 6.07) is 6.60. The fraction of sp³-hybridized carbons (Fsp3) is 0.312. The summed E-state index contributed by atoms with van der Waals surface area (Å²) in [7, 11) is 0. The molecular weight excluding hydrogens is 298 g/mol. The first-order valence-corrected chi connectivity index (χ1v) is 7.22. The Morgan fingerprint density at radius 1 is 1.35 bits per heavy atom. The Kier molecular flexibility index (Phi) is 5.00. The maximum absolute atomic E-state index is 12.5. The van der Waals surface area contributed by atoms with Crippen molar-refractivity contribution in [2.45, 2.75) is 27.3 Å². The Labute approximate surface area is 133 Å². The van der Waals surface area contributed by atoms with Gasteiger partial charge in [-0.2, -0.15) is 5.10 Å². The number of carboxylic acid groups (broad SMARTS) is 1.